The zero-order valence-corrected chi connectivity index (χ0v) is 14.4. The maximum absolute atomic E-state index is 12.9. The Morgan fingerprint density at radius 1 is 1.16 bits per heavy atom. The maximum Gasteiger partial charge on any atom is 0.291 e. The lowest BCUT2D eigenvalue weighted by Crippen LogP contribution is -2.45. The maximum atomic E-state index is 12.9. The number of fused-ring (bicyclic) bond motifs is 1. The molecule has 0 atom stereocenters. The summed E-state index contributed by atoms with van der Waals surface area (Å²) in [5.74, 6) is 0.165. The fourth-order valence-corrected chi connectivity index (χ4v) is 2.95. The van der Waals surface area contributed by atoms with Crippen LogP contribution in [0.5, 0.6) is 5.75 Å². The van der Waals surface area contributed by atoms with Crippen LogP contribution < -0.4 is 4.74 Å². The number of hydrazine groups is 1. The van der Waals surface area contributed by atoms with Gasteiger partial charge in [-0.2, -0.15) is 0 Å². The Morgan fingerprint density at radius 3 is 2.68 bits per heavy atom. The summed E-state index contributed by atoms with van der Waals surface area (Å²) < 4.78 is 10.4. The molecule has 1 aromatic carbocycles. The Kier molecular flexibility index (Phi) is 5.14. The van der Waals surface area contributed by atoms with E-state index in [9.17, 15) is 9.59 Å². The second kappa shape index (κ2) is 7.48. The zero-order chi connectivity index (χ0) is 17.8. The van der Waals surface area contributed by atoms with E-state index in [1.54, 1.807) is 20.3 Å². The number of para-hydroxylation sites is 1. The summed E-state index contributed by atoms with van der Waals surface area (Å²) in [5, 5.41) is 3.80. The molecule has 25 heavy (non-hydrogen) atoms. The molecule has 0 spiro atoms. The van der Waals surface area contributed by atoms with Gasteiger partial charge in [0.25, 0.3) is 5.91 Å². The van der Waals surface area contributed by atoms with Gasteiger partial charge in [0, 0.05) is 31.7 Å². The van der Waals surface area contributed by atoms with Gasteiger partial charge in [0.05, 0.1) is 25.7 Å². The van der Waals surface area contributed by atoms with E-state index in [2.05, 4.69) is 4.98 Å². The van der Waals surface area contributed by atoms with E-state index in [1.807, 2.05) is 24.3 Å². The van der Waals surface area contributed by atoms with Gasteiger partial charge in [-0.15, -0.1) is 0 Å². The lowest BCUT2D eigenvalue weighted by molar-refractivity contribution is -0.141. The number of aromatic nitrogens is 1. The van der Waals surface area contributed by atoms with Gasteiger partial charge in [0.1, 0.15) is 11.4 Å². The van der Waals surface area contributed by atoms with Crippen LogP contribution in [-0.2, 0) is 9.53 Å². The summed E-state index contributed by atoms with van der Waals surface area (Å²) in [6.07, 6.45) is 0.990. The Hall–Kier alpha value is -2.67. The number of hydrogen-bond donors (Lipinski definition) is 0. The largest absolute Gasteiger partial charge is 0.496 e. The molecule has 1 aliphatic rings. The Labute approximate surface area is 146 Å². The Bertz CT molecular complexity index is 793. The highest BCUT2D eigenvalue weighted by atomic mass is 16.5. The van der Waals surface area contributed by atoms with Gasteiger partial charge >= 0.3 is 0 Å². The van der Waals surface area contributed by atoms with Crippen LogP contribution in [0.4, 0.5) is 0 Å². The molecule has 0 N–H and O–H groups in total. The van der Waals surface area contributed by atoms with Gasteiger partial charge in [-0.1, -0.05) is 12.1 Å². The molecule has 0 saturated carbocycles. The van der Waals surface area contributed by atoms with Crippen LogP contribution in [0.3, 0.4) is 0 Å². The number of methoxy groups -OCH3 is 2. The van der Waals surface area contributed by atoms with Crippen molar-refractivity contribution in [3.05, 3.63) is 36.0 Å². The first-order valence-electron chi connectivity index (χ1n) is 8.20. The standard InChI is InChI=1S/C18H21N3O4/c1-24-11-8-17(22)20-9-5-10-21(20)18(23)15-12-16(25-2)13-6-3-4-7-14(13)19-15/h3-4,6-7,12H,5,8-11H2,1-2H3. The molecular weight excluding hydrogens is 322 g/mol. The predicted octanol–water partition coefficient (Wildman–Crippen LogP) is 1.87. The highest BCUT2D eigenvalue weighted by Crippen LogP contribution is 2.26. The number of ether oxygens (including phenoxy) is 2. The quantitative estimate of drug-likeness (QED) is 0.829. The third kappa shape index (κ3) is 3.41. The molecule has 1 aromatic heterocycles. The van der Waals surface area contributed by atoms with Gasteiger partial charge in [-0.05, 0) is 18.6 Å². The minimum absolute atomic E-state index is 0.125. The molecule has 1 saturated heterocycles. The number of nitrogens with zero attached hydrogens (tertiary/aromatic N) is 3. The first kappa shape index (κ1) is 17.2. The minimum atomic E-state index is -0.299. The smallest absolute Gasteiger partial charge is 0.291 e. The molecule has 3 rings (SSSR count). The van der Waals surface area contributed by atoms with Gasteiger partial charge in [-0.25, -0.2) is 9.99 Å². The van der Waals surface area contributed by atoms with E-state index >= 15 is 0 Å². The molecule has 0 radical (unpaired) electrons. The lowest BCUT2D eigenvalue weighted by Gasteiger charge is -2.27. The average molecular weight is 343 g/mol. The van der Waals surface area contributed by atoms with E-state index in [0.29, 0.717) is 31.0 Å². The summed E-state index contributed by atoms with van der Waals surface area (Å²) in [6, 6.07) is 9.11. The van der Waals surface area contributed by atoms with Crippen LogP contribution in [0.15, 0.2) is 30.3 Å². The van der Waals surface area contributed by atoms with E-state index < -0.39 is 0 Å². The van der Waals surface area contributed by atoms with Crippen LogP contribution in [0, 0.1) is 0 Å². The number of amides is 2. The van der Waals surface area contributed by atoms with Gasteiger partial charge in [0.15, 0.2) is 0 Å². The fourth-order valence-electron chi connectivity index (χ4n) is 2.95. The second-order valence-corrected chi connectivity index (χ2v) is 5.77. The summed E-state index contributed by atoms with van der Waals surface area (Å²) in [5.41, 5.74) is 0.948. The van der Waals surface area contributed by atoms with Crippen molar-refractivity contribution in [1.29, 1.82) is 0 Å². The highest BCUT2D eigenvalue weighted by Gasteiger charge is 2.32. The van der Waals surface area contributed by atoms with E-state index in [4.69, 9.17) is 9.47 Å². The summed E-state index contributed by atoms with van der Waals surface area (Å²) in [7, 11) is 3.11. The highest BCUT2D eigenvalue weighted by molar-refractivity contribution is 5.98. The minimum Gasteiger partial charge on any atom is -0.496 e. The van der Waals surface area contributed by atoms with E-state index in [0.717, 1.165) is 11.8 Å². The topological polar surface area (TPSA) is 72.0 Å². The van der Waals surface area contributed by atoms with Crippen molar-refractivity contribution in [2.75, 3.05) is 33.9 Å². The average Bonchev–Trinajstić information content (AvgIpc) is 3.14. The van der Waals surface area contributed by atoms with Crippen molar-refractivity contribution >= 4 is 22.7 Å². The number of carbonyl (C=O) groups excluding carboxylic acids is 2. The van der Waals surface area contributed by atoms with Gasteiger partial charge < -0.3 is 9.47 Å². The third-order valence-electron chi connectivity index (χ3n) is 4.19. The molecule has 7 nitrogen and oxygen atoms in total. The lowest BCUT2D eigenvalue weighted by atomic mass is 10.1. The number of hydrogen-bond acceptors (Lipinski definition) is 5. The first-order valence-corrected chi connectivity index (χ1v) is 8.20. The van der Waals surface area contributed by atoms with Crippen LogP contribution in [0.25, 0.3) is 10.9 Å². The monoisotopic (exact) mass is 343 g/mol. The SMILES string of the molecule is COCCC(=O)N1CCCN1C(=O)c1cc(OC)c2ccccc2n1. The van der Waals surface area contributed by atoms with E-state index in [1.165, 1.54) is 10.0 Å². The molecule has 7 heteroatoms. The number of rotatable bonds is 5. The molecular formula is C18H21N3O4. The molecule has 2 amide bonds. The van der Waals surface area contributed by atoms with Crippen molar-refractivity contribution in [2.24, 2.45) is 0 Å². The molecule has 2 aromatic rings. The zero-order valence-electron chi connectivity index (χ0n) is 14.4. The van der Waals surface area contributed by atoms with Crippen LogP contribution >= 0.6 is 0 Å². The third-order valence-corrected chi connectivity index (χ3v) is 4.19. The molecule has 1 aliphatic heterocycles. The van der Waals surface area contributed by atoms with E-state index in [-0.39, 0.29) is 23.9 Å². The molecule has 0 aliphatic carbocycles. The van der Waals surface area contributed by atoms with Crippen molar-refractivity contribution in [1.82, 2.24) is 15.0 Å². The van der Waals surface area contributed by atoms with Crippen LogP contribution in [0.1, 0.15) is 23.3 Å². The molecule has 0 unspecified atom stereocenters. The fraction of sp³-hybridized carbons (Fsp3) is 0.389. The Morgan fingerprint density at radius 2 is 1.92 bits per heavy atom. The first-order chi connectivity index (χ1) is 12.2. The van der Waals surface area contributed by atoms with Crippen LogP contribution in [0.2, 0.25) is 0 Å². The normalized spacial score (nSPS) is 14.2. The number of pyridine rings is 1. The summed E-state index contributed by atoms with van der Waals surface area (Å²) >= 11 is 0. The van der Waals surface area contributed by atoms with Crippen molar-refractivity contribution in [3.8, 4) is 5.75 Å². The van der Waals surface area contributed by atoms with Crippen LogP contribution in [-0.4, -0.2) is 60.7 Å². The summed E-state index contributed by atoms with van der Waals surface area (Å²) in [6.45, 7) is 1.35. The molecule has 1 fully saturated rings. The van der Waals surface area contributed by atoms with Crippen molar-refractivity contribution in [3.63, 3.8) is 0 Å². The summed E-state index contributed by atoms with van der Waals surface area (Å²) in [4.78, 5) is 29.7. The van der Waals surface area contributed by atoms with Crippen molar-refractivity contribution < 1.29 is 19.1 Å². The predicted molar refractivity (Wildman–Crippen MR) is 92.2 cm³/mol. The molecule has 2 heterocycles. The second-order valence-electron chi connectivity index (χ2n) is 5.77. The van der Waals surface area contributed by atoms with Crippen molar-refractivity contribution in [2.45, 2.75) is 12.8 Å². The van der Waals surface area contributed by atoms with Gasteiger partial charge in [-0.3, -0.25) is 14.6 Å². The molecule has 0 bridgehead atoms. The number of benzene rings is 1. The van der Waals surface area contributed by atoms with Gasteiger partial charge in [0.2, 0.25) is 5.91 Å². The number of carbonyl (C=O) groups is 2. The Balaban J connectivity index is 1.89. The molecule has 132 valence electrons.